The largest absolute Gasteiger partial charge is 0.264 e. The molecular weight excluding hydrogens is 520 g/mol. The molecule has 6 aromatic rings. The van der Waals surface area contributed by atoms with Gasteiger partial charge in [-0.1, -0.05) is 113 Å². The predicted octanol–water partition coefficient (Wildman–Crippen LogP) is 8.36. The van der Waals surface area contributed by atoms with Gasteiger partial charge in [-0.15, -0.1) is 0 Å². The van der Waals surface area contributed by atoms with Crippen molar-refractivity contribution >= 4 is 15.9 Å². The van der Waals surface area contributed by atoms with Crippen molar-refractivity contribution in [1.29, 1.82) is 0 Å². The second kappa shape index (κ2) is 10.2. The Morgan fingerprint density at radius 3 is 1.43 bits per heavy atom. The standard InChI is InChI=1S/C32H21BrN4/c33-29-10-4-8-27(20-29)22-11-15-25(16-12-22)31-35-30(24-6-2-1-3-7-24)36-32(37-31)26-17-13-23(14-18-26)28-9-5-19-34-21-28/h1-21H. The van der Waals surface area contributed by atoms with Gasteiger partial charge < -0.3 is 0 Å². The highest BCUT2D eigenvalue weighted by Crippen LogP contribution is 2.29. The molecule has 176 valence electrons. The summed E-state index contributed by atoms with van der Waals surface area (Å²) in [4.78, 5) is 18.8. The molecule has 5 heteroatoms. The summed E-state index contributed by atoms with van der Waals surface area (Å²) in [5.74, 6) is 1.92. The SMILES string of the molecule is Brc1cccc(-c2ccc(-c3nc(-c4ccccc4)nc(-c4ccc(-c5cccnc5)cc4)n3)cc2)c1. The van der Waals surface area contributed by atoms with E-state index >= 15 is 0 Å². The Kier molecular flexibility index (Phi) is 6.36. The second-order valence-corrected chi connectivity index (χ2v) is 9.49. The monoisotopic (exact) mass is 540 g/mol. The fourth-order valence-electron chi connectivity index (χ4n) is 4.18. The van der Waals surface area contributed by atoms with Crippen LogP contribution in [-0.2, 0) is 0 Å². The van der Waals surface area contributed by atoms with E-state index in [1.165, 1.54) is 0 Å². The van der Waals surface area contributed by atoms with Crippen molar-refractivity contribution in [2.45, 2.75) is 0 Å². The molecule has 0 unspecified atom stereocenters. The fraction of sp³-hybridized carbons (Fsp3) is 0. The molecule has 0 N–H and O–H groups in total. The van der Waals surface area contributed by atoms with Gasteiger partial charge in [0, 0.05) is 33.6 Å². The van der Waals surface area contributed by atoms with Crippen molar-refractivity contribution in [1.82, 2.24) is 19.9 Å². The molecule has 37 heavy (non-hydrogen) atoms. The maximum Gasteiger partial charge on any atom is 0.164 e. The number of aromatic nitrogens is 4. The van der Waals surface area contributed by atoms with Crippen LogP contribution in [0.5, 0.6) is 0 Å². The van der Waals surface area contributed by atoms with Crippen LogP contribution in [-0.4, -0.2) is 19.9 Å². The molecule has 0 aliphatic carbocycles. The van der Waals surface area contributed by atoms with Crippen LogP contribution in [0.4, 0.5) is 0 Å². The van der Waals surface area contributed by atoms with Crippen LogP contribution in [0.2, 0.25) is 0 Å². The summed E-state index contributed by atoms with van der Waals surface area (Å²) in [6, 6.07) is 38.9. The Hall–Kier alpha value is -4.48. The van der Waals surface area contributed by atoms with E-state index in [0.29, 0.717) is 17.5 Å². The molecule has 0 aliphatic heterocycles. The van der Waals surface area contributed by atoms with Crippen molar-refractivity contribution in [2.24, 2.45) is 0 Å². The van der Waals surface area contributed by atoms with E-state index in [2.05, 4.69) is 69.4 Å². The summed E-state index contributed by atoms with van der Waals surface area (Å²) in [7, 11) is 0. The first-order valence-electron chi connectivity index (χ1n) is 11.9. The number of nitrogens with zero attached hydrogens (tertiary/aromatic N) is 4. The topological polar surface area (TPSA) is 51.6 Å². The van der Waals surface area contributed by atoms with Gasteiger partial charge in [-0.2, -0.15) is 0 Å². The van der Waals surface area contributed by atoms with E-state index in [1.807, 2.05) is 72.9 Å². The maximum atomic E-state index is 4.88. The van der Waals surface area contributed by atoms with Crippen LogP contribution in [0.15, 0.2) is 132 Å². The van der Waals surface area contributed by atoms with E-state index in [-0.39, 0.29) is 0 Å². The van der Waals surface area contributed by atoms with Crippen molar-refractivity contribution in [3.8, 4) is 56.4 Å². The summed E-state index contributed by atoms with van der Waals surface area (Å²) < 4.78 is 1.05. The van der Waals surface area contributed by atoms with Crippen LogP contribution < -0.4 is 0 Å². The first-order valence-corrected chi connectivity index (χ1v) is 12.7. The molecule has 0 atom stereocenters. The molecule has 2 aromatic heterocycles. The summed E-state index contributed by atoms with van der Waals surface area (Å²) >= 11 is 3.56. The molecule has 6 rings (SSSR count). The maximum absolute atomic E-state index is 4.88. The number of benzene rings is 4. The van der Waals surface area contributed by atoms with Gasteiger partial charge in [0.2, 0.25) is 0 Å². The Labute approximate surface area is 223 Å². The second-order valence-electron chi connectivity index (χ2n) is 8.58. The van der Waals surface area contributed by atoms with Gasteiger partial charge in [-0.05, 0) is 40.5 Å². The zero-order valence-electron chi connectivity index (χ0n) is 19.8. The highest BCUT2D eigenvalue weighted by Gasteiger charge is 2.13. The van der Waals surface area contributed by atoms with Gasteiger partial charge in [0.25, 0.3) is 0 Å². The summed E-state index contributed by atoms with van der Waals surface area (Å²) in [5.41, 5.74) is 7.26. The van der Waals surface area contributed by atoms with E-state index in [9.17, 15) is 0 Å². The molecule has 0 aliphatic rings. The van der Waals surface area contributed by atoms with Crippen LogP contribution in [0, 0.1) is 0 Å². The Morgan fingerprint density at radius 2 is 0.892 bits per heavy atom. The lowest BCUT2D eigenvalue weighted by Crippen LogP contribution is -2.00. The van der Waals surface area contributed by atoms with Crippen LogP contribution in [0.3, 0.4) is 0 Å². The summed E-state index contributed by atoms with van der Waals surface area (Å²) in [6.45, 7) is 0. The minimum atomic E-state index is 0.637. The van der Waals surface area contributed by atoms with Gasteiger partial charge in [0.1, 0.15) is 0 Å². The number of hydrogen-bond acceptors (Lipinski definition) is 4. The predicted molar refractivity (Wildman–Crippen MR) is 153 cm³/mol. The Balaban J connectivity index is 1.41. The van der Waals surface area contributed by atoms with E-state index in [0.717, 1.165) is 43.4 Å². The summed E-state index contributed by atoms with van der Waals surface area (Å²) in [5, 5.41) is 0. The van der Waals surface area contributed by atoms with Crippen molar-refractivity contribution < 1.29 is 0 Å². The van der Waals surface area contributed by atoms with Crippen LogP contribution in [0.1, 0.15) is 0 Å². The van der Waals surface area contributed by atoms with Gasteiger partial charge in [-0.25, -0.2) is 15.0 Å². The quantitative estimate of drug-likeness (QED) is 0.220. The van der Waals surface area contributed by atoms with E-state index in [1.54, 1.807) is 6.20 Å². The van der Waals surface area contributed by atoms with Crippen LogP contribution >= 0.6 is 15.9 Å². The number of pyridine rings is 1. The van der Waals surface area contributed by atoms with Crippen molar-refractivity contribution in [3.05, 3.63) is 132 Å². The zero-order chi connectivity index (χ0) is 25.0. The first kappa shape index (κ1) is 23.0. The molecule has 0 amide bonds. The molecule has 2 heterocycles. The van der Waals surface area contributed by atoms with Gasteiger partial charge in [0.15, 0.2) is 17.5 Å². The number of hydrogen-bond donors (Lipinski definition) is 0. The minimum absolute atomic E-state index is 0.637. The molecular formula is C32H21BrN4. The highest BCUT2D eigenvalue weighted by molar-refractivity contribution is 9.10. The molecule has 0 fully saturated rings. The molecule has 0 saturated heterocycles. The van der Waals surface area contributed by atoms with Crippen molar-refractivity contribution in [2.75, 3.05) is 0 Å². The fourth-order valence-corrected chi connectivity index (χ4v) is 4.57. The molecule has 4 nitrogen and oxygen atoms in total. The molecule has 0 bridgehead atoms. The molecule has 0 saturated carbocycles. The lowest BCUT2D eigenvalue weighted by molar-refractivity contribution is 1.07. The highest BCUT2D eigenvalue weighted by atomic mass is 79.9. The lowest BCUT2D eigenvalue weighted by atomic mass is 10.0. The van der Waals surface area contributed by atoms with Gasteiger partial charge in [-0.3, -0.25) is 4.98 Å². The number of rotatable bonds is 5. The Morgan fingerprint density at radius 1 is 0.405 bits per heavy atom. The molecule has 4 aromatic carbocycles. The van der Waals surface area contributed by atoms with E-state index in [4.69, 9.17) is 15.0 Å². The molecule has 0 spiro atoms. The summed E-state index contributed by atoms with van der Waals surface area (Å²) in [6.07, 6.45) is 3.64. The zero-order valence-corrected chi connectivity index (χ0v) is 21.4. The van der Waals surface area contributed by atoms with Gasteiger partial charge >= 0.3 is 0 Å². The van der Waals surface area contributed by atoms with E-state index < -0.39 is 0 Å². The average molecular weight is 541 g/mol. The lowest BCUT2D eigenvalue weighted by Gasteiger charge is -2.10. The average Bonchev–Trinajstić information content (AvgIpc) is 2.98. The Bertz CT molecular complexity index is 1650. The number of halogens is 1. The van der Waals surface area contributed by atoms with Crippen LogP contribution in [0.25, 0.3) is 56.4 Å². The minimum Gasteiger partial charge on any atom is -0.264 e. The first-order chi connectivity index (χ1) is 18.2. The third-order valence-corrected chi connectivity index (χ3v) is 6.60. The van der Waals surface area contributed by atoms with Gasteiger partial charge in [0.05, 0.1) is 0 Å². The third kappa shape index (κ3) is 5.08. The van der Waals surface area contributed by atoms with Crippen molar-refractivity contribution in [3.63, 3.8) is 0 Å². The smallest absolute Gasteiger partial charge is 0.164 e. The third-order valence-electron chi connectivity index (χ3n) is 6.11. The molecule has 0 radical (unpaired) electrons. The normalized spacial score (nSPS) is 10.8.